The molecule has 3 rings (SSSR count). The second kappa shape index (κ2) is 13.2. The number of hydrogen-bond acceptors (Lipinski definition) is 6. The predicted molar refractivity (Wildman–Crippen MR) is 137 cm³/mol. The summed E-state index contributed by atoms with van der Waals surface area (Å²) in [5.41, 5.74) is 4.63. The molecule has 8 heteroatoms. The Morgan fingerprint density at radius 1 is 0.943 bits per heavy atom. The first kappa shape index (κ1) is 25.9. The molecule has 0 unspecified atom stereocenters. The molecule has 0 aromatic heterocycles. The van der Waals surface area contributed by atoms with Crippen molar-refractivity contribution in [1.82, 2.24) is 5.43 Å². The number of rotatable bonds is 12. The molecule has 1 N–H and O–H groups in total. The molecule has 0 fully saturated rings. The Morgan fingerprint density at radius 2 is 1.74 bits per heavy atom. The molecule has 35 heavy (non-hydrogen) atoms. The highest BCUT2D eigenvalue weighted by molar-refractivity contribution is 6.30. The quantitative estimate of drug-likeness (QED) is 0.250. The highest BCUT2D eigenvalue weighted by Gasteiger charge is 2.11. The molecule has 184 valence electrons. The zero-order valence-corrected chi connectivity index (χ0v) is 20.8. The number of benzene rings is 3. The monoisotopic (exact) mass is 496 g/mol. The summed E-state index contributed by atoms with van der Waals surface area (Å²) >= 11 is 6.04. The number of nitrogens with one attached hydrogen (secondary N) is 1. The number of nitrogens with zero attached hydrogens (tertiary/aromatic N) is 1. The summed E-state index contributed by atoms with van der Waals surface area (Å²) in [6.45, 7) is 5.32. The molecule has 7 nitrogen and oxygen atoms in total. The molecule has 0 bridgehead atoms. The minimum Gasteiger partial charge on any atom is -0.493 e. The first-order valence-electron chi connectivity index (χ1n) is 11.3. The zero-order valence-electron chi connectivity index (χ0n) is 20.0. The summed E-state index contributed by atoms with van der Waals surface area (Å²) in [4.78, 5) is 12.5. The van der Waals surface area contributed by atoms with Crippen molar-refractivity contribution in [2.75, 3.05) is 20.3 Å². The fraction of sp³-hybridized carbons (Fsp3) is 0.259. The molecule has 0 radical (unpaired) electrons. The van der Waals surface area contributed by atoms with Gasteiger partial charge in [-0.2, -0.15) is 5.10 Å². The average molecular weight is 497 g/mol. The van der Waals surface area contributed by atoms with Crippen LogP contribution >= 0.6 is 11.6 Å². The van der Waals surface area contributed by atoms with Gasteiger partial charge in [0.25, 0.3) is 5.91 Å². The van der Waals surface area contributed by atoms with E-state index in [1.807, 2.05) is 44.2 Å². The Bertz CT molecular complexity index is 1170. The fourth-order valence-electron chi connectivity index (χ4n) is 3.15. The molecule has 0 saturated carbocycles. The highest BCUT2D eigenvalue weighted by atomic mass is 35.5. The first-order chi connectivity index (χ1) is 17.0. The standard InChI is InChI=1S/C27H29ClN2O5/c1-4-13-34-23-12-10-21(16-25(23)32-3)27(31)30-29-17-19-9-11-24(26(15-19)33-5-2)35-18-20-7-6-8-22(28)14-20/h6-12,14-17H,4-5,13,18H2,1-3H3,(H,30,31)/b29-17+. The van der Waals surface area contributed by atoms with Crippen LogP contribution in [0.4, 0.5) is 0 Å². The number of carbonyl (C=O) groups excluding carboxylic acids is 1. The number of hydrazone groups is 1. The van der Waals surface area contributed by atoms with Gasteiger partial charge in [-0.1, -0.05) is 30.7 Å². The molecule has 0 saturated heterocycles. The number of halogens is 1. The summed E-state index contributed by atoms with van der Waals surface area (Å²) in [6.07, 6.45) is 2.41. The Balaban J connectivity index is 1.64. The van der Waals surface area contributed by atoms with E-state index < -0.39 is 0 Å². The van der Waals surface area contributed by atoms with Gasteiger partial charge in [-0.3, -0.25) is 4.79 Å². The molecular formula is C27H29ClN2O5. The normalized spacial score (nSPS) is 10.7. The van der Waals surface area contributed by atoms with Crippen LogP contribution in [0.25, 0.3) is 0 Å². The van der Waals surface area contributed by atoms with Gasteiger partial charge < -0.3 is 18.9 Å². The molecule has 1 amide bonds. The van der Waals surface area contributed by atoms with E-state index in [2.05, 4.69) is 10.5 Å². The summed E-state index contributed by atoms with van der Waals surface area (Å²) in [7, 11) is 1.53. The maximum Gasteiger partial charge on any atom is 0.271 e. The summed E-state index contributed by atoms with van der Waals surface area (Å²) < 4.78 is 22.6. The van der Waals surface area contributed by atoms with E-state index in [0.29, 0.717) is 53.4 Å². The molecule has 0 aliphatic carbocycles. The minimum atomic E-state index is -0.368. The van der Waals surface area contributed by atoms with Gasteiger partial charge in [-0.15, -0.1) is 0 Å². The van der Waals surface area contributed by atoms with Crippen molar-refractivity contribution in [3.8, 4) is 23.0 Å². The maximum absolute atomic E-state index is 12.5. The molecule has 3 aromatic rings. The smallest absolute Gasteiger partial charge is 0.271 e. The highest BCUT2D eigenvalue weighted by Crippen LogP contribution is 2.30. The van der Waals surface area contributed by atoms with E-state index >= 15 is 0 Å². The van der Waals surface area contributed by atoms with Crippen LogP contribution in [0, 0.1) is 0 Å². The van der Waals surface area contributed by atoms with Gasteiger partial charge in [0, 0.05) is 10.6 Å². The van der Waals surface area contributed by atoms with E-state index in [9.17, 15) is 4.79 Å². The van der Waals surface area contributed by atoms with E-state index in [-0.39, 0.29) is 5.91 Å². The minimum absolute atomic E-state index is 0.357. The van der Waals surface area contributed by atoms with Gasteiger partial charge in [-0.05, 0) is 73.0 Å². The van der Waals surface area contributed by atoms with Crippen LogP contribution < -0.4 is 24.4 Å². The van der Waals surface area contributed by atoms with Gasteiger partial charge >= 0.3 is 0 Å². The molecule has 0 heterocycles. The van der Waals surface area contributed by atoms with Gasteiger partial charge in [-0.25, -0.2) is 5.43 Å². The van der Waals surface area contributed by atoms with Crippen LogP contribution in [0.2, 0.25) is 5.02 Å². The molecule has 3 aromatic carbocycles. The first-order valence-corrected chi connectivity index (χ1v) is 11.7. The SMILES string of the molecule is CCCOc1ccc(C(=O)N/N=C/c2ccc(OCc3cccc(Cl)c3)c(OCC)c2)cc1OC. The Labute approximate surface area is 210 Å². The van der Waals surface area contributed by atoms with Crippen LogP contribution in [0.5, 0.6) is 23.0 Å². The number of ether oxygens (including phenoxy) is 4. The number of hydrogen-bond donors (Lipinski definition) is 1. The molecule has 0 atom stereocenters. The second-order valence-corrected chi connectivity index (χ2v) is 7.91. The summed E-state index contributed by atoms with van der Waals surface area (Å²) in [6, 6.07) is 17.9. The molecular weight excluding hydrogens is 468 g/mol. The Morgan fingerprint density at radius 3 is 2.49 bits per heavy atom. The van der Waals surface area contributed by atoms with Gasteiger partial charge in [0.15, 0.2) is 23.0 Å². The average Bonchev–Trinajstić information content (AvgIpc) is 2.87. The lowest BCUT2D eigenvalue weighted by Gasteiger charge is -2.13. The summed E-state index contributed by atoms with van der Waals surface area (Å²) in [5.74, 6) is 1.90. The largest absolute Gasteiger partial charge is 0.493 e. The van der Waals surface area contributed by atoms with Crippen LogP contribution in [0.3, 0.4) is 0 Å². The van der Waals surface area contributed by atoms with Crippen LogP contribution in [0.15, 0.2) is 65.8 Å². The van der Waals surface area contributed by atoms with E-state index in [4.69, 9.17) is 30.5 Å². The van der Waals surface area contributed by atoms with Crippen molar-refractivity contribution >= 4 is 23.7 Å². The van der Waals surface area contributed by atoms with E-state index in [0.717, 1.165) is 17.5 Å². The lowest BCUT2D eigenvalue weighted by atomic mass is 10.2. The molecule has 0 aliphatic heterocycles. The Kier molecular flexibility index (Phi) is 9.80. The predicted octanol–water partition coefficient (Wildman–Crippen LogP) is 5.88. The Hall–Kier alpha value is -3.71. The third kappa shape index (κ3) is 7.65. The lowest BCUT2D eigenvalue weighted by molar-refractivity contribution is 0.0954. The van der Waals surface area contributed by atoms with Crippen molar-refractivity contribution in [2.24, 2.45) is 5.10 Å². The van der Waals surface area contributed by atoms with Crippen molar-refractivity contribution in [1.29, 1.82) is 0 Å². The molecule has 0 aliphatic rings. The van der Waals surface area contributed by atoms with Gasteiger partial charge in [0.2, 0.25) is 0 Å². The zero-order chi connectivity index (χ0) is 25.0. The topological polar surface area (TPSA) is 78.4 Å². The van der Waals surface area contributed by atoms with E-state index in [1.165, 1.54) is 13.3 Å². The third-order valence-corrected chi connectivity index (χ3v) is 5.05. The maximum atomic E-state index is 12.5. The van der Waals surface area contributed by atoms with Crippen LogP contribution in [-0.4, -0.2) is 32.4 Å². The molecule has 0 spiro atoms. The number of amides is 1. The third-order valence-electron chi connectivity index (χ3n) is 4.82. The van der Waals surface area contributed by atoms with Crippen molar-refractivity contribution in [2.45, 2.75) is 26.9 Å². The number of methoxy groups -OCH3 is 1. The van der Waals surface area contributed by atoms with Gasteiger partial charge in [0.1, 0.15) is 6.61 Å². The van der Waals surface area contributed by atoms with Crippen molar-refractivity contribution in [3.05, 3.63) is 82.4 Å². The van der Waals surface area contributed by atoms with Crippen molar-refractivity contribution < 1.29 is 23.7 Å². The van der Waals surface area contributed by atoms with Crippen LogP contribution in [-0.2, 0) is 6.61 Å². The van der Waals surface area contributed by atoms with Gasteiger partial charge in [0.05, 0.1) is 26.5 Å². The van der Waals surface area contributed by atoms with Crippen LogP contribution in [0.1, 0.15) is 41.8 Å². The fourth-order valence-corrected chi connectivity index (χ4v) is 3.36. The second-order valence-electron chi connectivity index (χ2n) is 7.47. The lowest BCUT2D eigenvalue weighted by Crippen LogP contribution is -2.17. The van der Waals surface area contributed by atoms with E-state index in [1.54, 1.807) is 30.3 Å². The van der Waals surface area contributed by atoms with Crippen molar-refractivity contribution in [3.63, 3.8) is 0 Å². The summed E-state index contributed by atoms with van der Waals surface area (Å²) in [5, 5.41) is 4.73. The number of carbonyl (C=O) groups is 1.